The number of nitrogens with zero attached hydrogens (tertiary/aromatic N) is 2. The number of rotatable bonds is 3. The van der Waals surface area contributed by atoms with Crippen molar-refractivity contribution in [3.63, 3.8) is 0 Å². The molecule has 0 amide bonds. The van der Waals surface area contributed by atoms with Crippen LogP contribution in [0.25, 0.3) is 5.69 Å². The number of aromatic nitrogens is 2. The van der Waals surface area contributed by atoms with Gasteiger partial charge in [0.25, 0.3) is 0 Å². The molecule has 0 radical (unpaired) electrons. The van der Waals surface area contributed by atoms with Crippen molar-refractivity contribution in [3.05, 3.63) is 36.7 Å². The lowest BCUT2D eigenvalue weighted by Crippen LogP contribution is -2.27. The first-order chi connectivity index (χ1) is 8.83. The lowest BCUT2D eigenvalue weighted by atomic mass is 10.3. The number of phenolic OH excluding ortho intramolecular Hbond substituents is 1. The van der Waals surface area contributed by atoms with Gasteiger partial charge in [0.15, 0.2) is 5.75 Å². The van der Waals surface area contributed by atoms with Crippen LogP contribution in [0.2, 0.25) is 0 Å². The molecule has 1 aromatic carbocycles. The van der Waals surface area contributed by atoms with Crippen LogP contribution in [0.4, 0.5) is 0 Å². The maximum absolute atomic E-state index is 9.74. The van der Waals surface area contributed by atoms with Crippen molar-refractivity contribution in [1.82, 2.24) is 15.1 Å². The van der Waals surface area contributed by atoms with E-state index in [0.29, 0.717) is 11.4 Å². The predicted molar refractivity (Wildman–Crippen MR) is 66.9 cm³/mol. The molecule has 5 heteroatoms. The molecule has 1 aromatic heterocycles. The van der Waals surface area contributed by atoms with Crippen LogP contribution >= 0.6 is 0 Å². The number of hydrogen-bond acceptors (Lipinski definition) is 4. The van der Waals surface area contributed by atoms with E-state index in [-0.39, 0.29) is 12.0 Å². The van der Waals surface area contributed by atoms with Crippen molar-refractivity contribution in [1.29, 1.82) is 0 Å². The quantitative estimate of drug-likeness (QED) is 0.863. The normalized spacial score (nSPS) is 19.0. The van der Waals surface area contributed by atoms with E-state index in [1.54, 1.807) is 35.3 Å². The van der Waals surface area contributed by atoms with Gasteiger partial charge in [-0.25, -0.2) is 4.68 Å². The van der Waals surface area contributed by atoms with E-state index in [0.717, 1.165) is 19.4 Å². The molecule has 1 aliphatic heterocycles. The van der Waals surface area contributed by atoms with Gasteiger partial charge in [-0.3, -0.25) is 5.32 Å². The number of benzene rings is 1. The van der Waals surface area contributed by atoms with Gasteiger partial charge in [0.2, 0.25) is 0 Å². The number of phenols is 1. The molecule has 3 rings (SSSR count). The fourth-order valence-corrected chi connectivity index (χ4v) is 2.07. The average molecular weight is 245 g/mol. The molecule has 18 heavy (non-hydrogen) atoms. The monoisotopic (exact) mass is 245 g/mol. The second-order valence-corrected chi connectivity index (χ2v) is 4.31. The average Bonchev–Trinajstić information content (AvgIpc) is 3.02. The van der Waals surface area contributed by atoms with Gasteiger partial charge in [-0.1, -0.05) is 12.1 Å². The Hall–Kier alpha value is -2.01. The van der Waals surface area contributed by atoms with Gasteiger partial charge in [-0.05, 0) is 31.5 Å². The van der Waals surface area contributed by atoms with E-state index in [4.69, 9.17) is 4.74 Å². The summed E-state index contributed by atoms with van der Waals surface area (Å²) in [5.74, 6) is 0.906. The highest BCUT2D eigenvalue weighted by Gasteiger charge is 2.16. The second-order valence-electron chi connectivity index (χ2n) is 4.31. The summed E-state index contributed by atoms with van der Waals surface area (Å²) in [7, 11) is 0. The summed E-state index contributed by atoms with van der Waals surface area (Å²) in [5, 5.41) is 17.2. The molecule has 2 heterocycles. The number of ether oxygens (including phenoxy) is 1. The molecule has 2 N–H and O–H groups in total. The molecule has 0 bridgehead atoms. The van der Waals surface area contributed by atoms with Crippen molar-refractivity contribution in [2.45, 2.75) is 19.1 Å². The molecule has 2 aromatic rings. The Labute approximate surface area is 105 Å². The Bertz CT molecular complexity index is 533. The Morgan fingerprint density at radius 1 is 1.39 bits per heavy atom. The lowest BCUT2D eigenvalue weighted by molar-refractivity contribution is 0.187. The number of nitrogens with one attached hydrogen (secondary N) is 1. The standard InChI is InChI=1S/C13H15N3O2/c17-12-5-2-1-4-11(12)16-9-10(8-15-16)18-13-6-3-7-14-13/h1-2,4-5,8-9,13-14,17H,3,6-7H2. The van der Waals surface area contributed by atoms with Gasteiger partial charge < -0.3 is 9.84 Å². The van der Waals surface area contributed by atoms with Gasteiger partial charge in [0.05, 0.1) is 12.4 Å². The predicted octanol–water partition coefficient (Wildman–Crippen LogP) is 1.67. The fraction of sp³-hybridized carbons (Fsp3) is 0.308. The number of para-hydroxylation sites is 2. The van der Waals surface area contributed by atoms with Gasteiger partial charge in [-0.15, -0.1) is 0 Å². The SMILES string of the molecule is Oc1ccccc1-n1cc(OC2CCCN2)cn1. The molecule has 0 spiro atoms. The van der Waals surface area contributed by atoms with Gasteiger partial charge >= 0.3 is 0 Å². The molecular formula is C13H15N3O2. The van der Waals surface area contributed by atoms with E-state index in [2.05, 4.69) is 10.4 Å². The highest BCUT2D eigenvalue weighted by Crippen LogP contribution is 2.22. The first-order valence-corrected chi connectivity index (χ1v) is 6.06. The van der Waals surface area contributed by atoms with Gasteiger partial charge in [0.1, 0.15) is 17.7 Å². The Balaban J connectivity index is 1.79. The molecule has 1 fully saturated rings. The first kappa shape index (κ1) is 11.1. The highest BCUT2D eigenvalue weighted by molar-refractivity contribution is 5.45. The zero-order valence-electron chi connectivity index (χ0n) is 9.91. The minimum atomic E-state index is 0.0759. The van der Waals surface area contributed by atoms with Crippen molar-refractivity contribution in [2.24, 2.45) is 0 Å². The lowest BCUT2D eigenvalue weighted by Gasteiger charge is -2.10. The molecule has 1 saturated heterocycles. The molecule has 0 aliphatic carbocycles. The van der Waals surface area contributed by atoms with Gasteiger partial charge in [-0.2, -0.15) is 5.10 Å². The smallest absolute Gasteiger partial charge is 0.160 e. The number of hydrogen-bond donors (Lipinski definition) is 2. The van der Waals surface area contributed by atoms with Gasteiger partial charge in [0, 0.05) is 0 Å². The summed E-state index contributed by atoms with van der Waals surface area (Å²) in [6, 6.07) is 7.08. The van der Waals surface area contributed by atoms with Crippen LogP contribution < -0.4 is 10.1 Å². The minimum Gasteiger partial charge on any atom is -0.506 e. The third-order valence-electron chi connectivity index (χ3n) is 2.98. The summed E-state index contributed by atoms with van der Waals surface area (Å²) in [6.07, 6.45) is 5.66. The van der Waals surface area contributed by atoms with Crippen LogP contribution in [0.15, 0.2) is 36.7 Å². The van der Waals surface area contributed by atoms with Crippen LogP contribution in [-0.2, 0) is 0 Å². The summed E-state index contributed by atoms with van der Waals surface area (Å²) in [4.78, 5) is 0. The zero-order chi connectivity index (χ0) is 12.4. The molecule has 1 unspecified atom stereocenters. The molecule has 1 atom stereocenters. The summed E-state index contributed by atoms with van der Waals surface area (Å²) < 4.78 is 7.35. The van der Waals surface area contributed by atoms with E-state index in [9.17, 15) is 5.11 Å². The minimum absolute atomic E-state index is 0.0759. The van der Waals surface area contributed by atoms with Crippen LogP contribution in [0, 0.1) is 0 Å². The molecular weight excluding hydrogens is 230 g/mol. The highest BCUT2D eigenvalue weighted by atomic mass is 16.5. The van der Waals surface area contributed by atoms with E-state index < -0.39 is 0 Å². The molecule has 0 saturated carbocycles. The van der Waals surface area contributed by atoms with Crippen molar-refractivity contribution in [2.75, 3.05) is 6.54 Å². The second kappa shape index (κ2) is 4.70. The molecule has 5 nitrogen and oxygen atoms in total. The summed E-state index contributed by atoms with van der Waals surface area (Å²) in [5.41, 5.74) is 0.645. The first-order valence-electron chi connectivity index (χ1n) is 6.06. The Morgan fingerprint density at radius 2 is 2.28 bits per heavy atom. The summed E-state index contributed by atoms with van der Waals surface area (Å²) >= 11 is 0. The van der Waals surface area contributed by atoms with Crippen LogP contribution in [0.5, 0.6) is 11.5 Å². The topological polar surface area (TPSA) is 59.3 Å². The third-order valence-corrected chi connectivity index (χ3v) is 2.98. The largest absolute Gasteiger partial charge is 0.506 e. The van der Waals surface area contributed by atoms with Crippen LogP contribution in [0.1, 0.15) is 12.8 Å². The van der Waals surface area contributed by atoms with E-state index >= 15 is 0 Å². The van der Waals surface area contributed by atoms with Crippen molar-refractivity contribution < 1.29 is 9.84 Å². The fourth-order valence-electron chi connectivity index (χ4n) is 2.07. The molecule has 94 valence electrons. The van der Waals surface area contributed by atoms with Crippen molar-refractivity contribution >= 4 is 0 Å². The van der Waals surface area contributed by atoms with E-state index in [1.807, 2.05) is 6.07 Å². The van der Waals surface area contributed by atoms with Crippen LogP contribution in [0.3, 0.4) is 0 Å². The molecule has 1 aliphatic rings. The zero-order valence-corrected chi connectivity index (χ0v) is 9.91. The maximum Gasteiger partial charge on any atom is 0.160 e. The van der Waals surface area contributed by atoms with Crippen LogP contribution in [-0.4, -0.2) is 27.7 Å². The third kappa shape index (κ3) is 2.17. The Morgan fingerprint density at radius 3 is 3.06 bits per heavy atom. The number of aromatic hydroxyl groups is 1. The Kier molecular flexibility index (Phi) is 2.90. The van der Waals surface area contributed by atoms with Crippen molar-refractivity contribution in [3.8, 4) is 17.2 Å². The van der Waals surface area contributed by atoms with E-state index in [1.165, 1.54) is 0 Å². The maximum atomic E-state index is 9.74. The summed E-state index contributed by atoms with van der Waals surface area (Å²) in [6.45, 7) is 0.998.